The first kappa shape index (κ1) is 10.7. The van der Waals surface area contributed by atoms with Crippen LogP contribution in [0.1, 0.15) is 26.2 Å². The normalized spacial score (nSPS) is 12.9. The van der Waals surface area contributed by atoms with Crippen LogP contribution in [0.4, 0.5) is 0 Å². The van der Waals surface area contributed by atoms with Crippen LogP contribution in [0.15, 0.2) is 12.7 Å². The molecule has 0 spiro atoms. The van der Waals surface area contributed by atoms with Crippen molar-refractivity contribution in [3.8, 4) is 0 Å². The zero-order valence-corrected chi connectivity index (χ0v) is 7.25. The summed E-state index contributed by atoms with van der Waals surface area (Å²) in [6, 6.07) is 0. The van der Waals surface area contributed by atoms with E-state index >= 15 is 0 Å². The van der Waals surface area contributed by atoms with Crippen molar-refractivity contribution in [1.82, 2.24) is 0 Å². The summed E-state index contributed by atoms with van der Waals surface area (Å²) in [5.74, 6) is 0. The molecule has 0 amide bonds. The van der Waals surface area contributed by atoms with Crippen LogP contribution in [0.25, 0.3) is 0 Å². The number of unbranched alkanes of at least 4 members (excludes halogenated alkanes) is 1. The Bertz CT molecular complexity index is 83.6. The summed E-state index contributed by atoms with van der Waals surface area (Å²) in [6.45, 7) is 6.32. The van der Waals surface area contributed by atoms with Crippen molar-refractivity contribution < 1.29 is 9.84 Å². The lowest BCUT2D eigenvalue weighted by molar-refractivity contribution is 0.0494. The van der Waals surface area contributed by atoms with Crippen molar-refractivity contribution in [2.24, 2.45) is 0 Å². The SMILES string of the molecule is C=CC(CCCC)OCCO. The van der Waals surface area contributed by atoms with Crippen LogP contribution in [0.2, 0.25) is 0 Å². The number of aliphatic hydroxyl groups is 1. The first-order chi connectivity index (χ1) is 5.35. The van der Waals surface area contributed by atoms with Gasteiger partial charge in [0.1, 0.15) is 0 Å². The van der Waals surface area contributed by atoms with Gasteiger partial charge in [0, 0.05) is 0 Å². The fourth-order valence-electron chi connectivity index (χ4n) is 0.879. The molecule has 0 saturated carbocycles. The van der Waals surface area contributed by atoms with E-state index in [-0.39, 0.29) is 12.7 Å². The molecule has 1 atom stereocenters. The third-order valence-corrected chi connectivity index (χ3v) is 1.53. The standard InChI is InChI=1S/C9H18O2/c1-3-5-6-9(4-2)11-8-7-10/h4,9-10H,2-3,5-8H2,1H3. The number of rotatable bonds is 7. The molecule has 0 radical (unpaired) electrons. The van der Waals surface area contributed by atoms with Gasteiger partial charge in [-0.25, -0.2) is 0 Å². The Hall–Kier alpha value is -0.340. The first-order valence-corrected chi connectivity index (χ1v) is 4.20. The van der Waals surface area contributed by atoms with Crippen LogP contribution >= 0.6 is 0 Å². The van der Waals surface area contributed by atoms with Gasteiger partial charge in [-0.05, 0) is 6.42 Å². The minimum atomic E-state index is 0.0937. The minimum Gasteiger partial charge on any atom is -0.394 e. The molecule has 0 heterocycles. The van der Waals surface area contributed by atoms with E-state index in [2.05, 4.69) is 13.5 Å². The van der Waals surface area contributed by atoms with Crippen molar-refractivity contribution in [3.05, 3.63) is 12.7 Å². The molecule has 0 aromatic rings. The van der Waals surface area contributed by atoms with Crippen LogP contribution in [0.5, 0.6) is 0 Å². The summed E-state index contributed by atoms with van der Waals surface area (Å²) in [5, 5.41) is 8.48. The molecule has 66 valence electrons. The Balaban J connectivity index is 3.33. The van der Waals surface area contributed by atoms with Crippen LogP contribution in [0, 0.1) is 0 Å². The smallest absolute Gasteiger partial charge is 0.0754 e. The molecule has 0 aliphatic heterocycles. The minimum absolute atomic E-state index is 0.0937. The zero-order valence-electron chi connectivity index (χ0n) is 7.25. The number of aliphatic hydroxyl groups excluding tert-OH is 1. The van der Waals surface area contributed by atoms with Gasteiger partial charge in [-0.1, -0.05) is 25.8 Å². The van der Waals surface area contributed by atoms with E-state index in [0.717, 1.165) is 12.8 Å². The van der Waals surface area contributed by atoms with Gasteiger partial charge in [-0.3, -0.25) is 0 Å². The summed E-state index contributed by atoms with van der Waals surface area (Å²) >= 11 is 0. The molecular formula is C9H18O2. The topological polar surface area (TPSA) is 29.5 Å². The van der Waals surface area contributed by atoms with Gasteiger partial charge < -0.3 is 9.84 Å². The predicted molar refractivity (Wildman–Crippen MR) is 46.5 cm³/mol. The van der Waals surface area contributed by atoms with Crippen molar-refractivity contribution in [3.63, 3.8) is 0 Å². The maximum Gasteiger partial charge on any atom is 0.0754 e. The molecule has 2 nitrogen and oxygen atoms in total. The van der Waals surface area contributed by atoms with E-state index in [4.69, 9.17) is 9.84 Å². The van der Waals surface area contributed by atoms with E-state index < -0.39 is 0 Å². The highest BCUT2D eigenvalue weighted by Crippen LogP contribution is 2.04. The van der Waals surface area contributed by atoms with Crippen LogP contribution < -0.4 is 0 Å². The fraction of sp³-hybridized carbons (Fsp3) is 0.778. The highest BCUT2D eigenvalue weighted by Gasteiger charge is 2.01. The first-order valence-electron chi connectivity index (χ1n) is 4.20. The van der Waals surface area contributed by atoms with E-state index in [0.29, 0.717) is 6.61 Å². The predicted octanol–water partition coefficient (Wildman–Crippen LogP) is 1.74. The summed E-state index contributed by atoms with van der Waals surface area (Å²) in [7, 11) is 0. The van der Waals surface area contributed by atoms with Gasteiger partial charge in [-0.15, -0.1) is 6.58 Å². The quantitative estimate of drug-likeness (QED) is 0.572. The van der Waals surface area contributed by atoms with E-state index in [9.17, 15) is 0 Å². The third-order valence-electron chi connectivity index (χ3n) is 1.53. The molecule has 0 aliphatic rings. The lowest BCUT2D eigenvalue weighted by atomic mass is 10.1. The number of hydrogen-bond donors (Lipinski definition) is 1. The average Bonchev–Trinajstić information content (AvgIpc) is 2.05. The number of ether oxygens (including phenoxy) is 1. The molecule has 1 N–H and O–H groups in total. The van der Waals surface area contributed by atoms with E-state index in [1.807, 2.05) is 0 Å². The molecule has 2 heteroatoms. The molecular weight excluding hydrogens is 140 g/mol. The Morgan fingerprint density at radius 3 is 2.82 bits per heavy atom. The van der Waals surface area contributed by atoms with E-state index in [1.54, 1.807) is 6.08 Å². The molecule has 0 fully saturated rings. The molecule has 0 aromatic heterocycles. The summed E-state index contributed by atoms with van der Waals surface area (Å²) in [6.07, 6.45) is 5.27. The summed E-state index contributed by atoms with van der Waals surface area (Å²) in [5.41, 5.74) is 0. The summed E-state index contributed by atoms with van der Waals surface area (Å²) in [4.78, 5) is 0. The molecule has 1 unspecified atom stereocenters. The summed E-state index contributed by atoms with van der Waals surface area (Å²) < 4.78 is 5.27. The van der Waals surface area contributed by atoms with Gasteiger partial charge in [0.2, 0.25) is 0 Å². The monoisotopic (exact) mass is 158 g/mol. The molecule has 0 aliphatic carbocycles. The number of hydrogen-bond acceptors (Lipinski definition) is 2. The highest BCUT2D eigenvalue weighted by atomic mass is 16.5. The van der Waals surface area contributed by atoms with Gasteiger partial charge in [0.25, 0.3) is 0 Å². The lowest BCUT2D eigenvalue weighted by Crippen LogP contribution is -2.12. The molecule has 0 aromatic carbocycles. The second-order valence-corrected chi connectivity index (χ2v) is 2.51. The Labute approximate surface area is 68.9 Å². The van der Waals surface area contributed by atoms with Crippen molar-refractivity contribution in [1.29, 1.82) is 0 Å². The Morgan fingerprint density at radius 2 is 2.36 bits per heavy atom. The van der Waals surface area contributed by atoms with Gasteiger partial charge >= 0.3 is 0 Å². The van der Waals surface area contributed by atoms with Crippen LogP contribution in [0.3, 0.4) is 0 Å². The fourth-order valence-corrected chi connectivity index (χ4v) is 0.879. The largest absolute Gasteiger partial charge is 0.394 e. The van der Waals surface area contributed by atoms with Gasteiger partial charge in [0.15, 0.2) is 0 Å². The maximum atomic E-state index is 8.48. The third kappa shape index (κ3) is 6.07. The van der Waals surface area contributed by atoms with Crippen molar-refractivity contribution >= 4 is 0 Å². The van der Waals surface area contributed by atoms with E-state index in [1.165, 1.54) is 6.42 Å². The molecule has 0 rings (SSSR count). The van der Waals surface area contributed by atoms with Crippen LogP contribution in [-0.2, 0) is 4.74 Å². The zero-order chi connectivity index (χ0) is 8.53. The van der Waals surface area contributed by atoms with Gasteiger partial charge in [-0.2, -0.15) is 0 Å². The highest BCUT2D eigenvalue weighted by molar-refractivity contribution is 4.79. The van der Waals surface area contributed by atoms with Crippen LogP contribution in [-0.4, -0.2) is 24.4 Å². The van der Waals surface area contributed by atoms with Gasteiger partial charge in [0.05, 0.1) is 19.3 Å². The lowest BCUT2D eigenvalue weighted by Gasteiger charge is -2.11. The maximum absolute atomic E-state index is 8.48. The molecule has 11 heavy (non-hydrogen) atoms. The second kappa shape index (κ2) is 7.76. The van der Waals surface area contributed by atoms with Crippen molar-refractivity contribution in [2.75, 3.05) is 13.2 Å². The Morgan fingerprint density at radius 1 is 1.64 bits per heavy atom. The molecule has 0 bridgehead atoms. The molecule has 0 saturated heterocycles. The average molecular weight is 158 g/mol. The Kier molecular flexibility index (Phi) is 7.52. The second-order valence-electron chi connectivity index (χ2n) is 2.51. The van der Waals surface area contributed by atoms with Crippen molar-refractivity contribution in [2.45, 2.75) is 32.3 Å².